The smallest absolute Gasteiger partial charge is 0.359 e. The SMILES string of the molecule is CCOC(=O)c1nn(CC(=O)OC(C)(C)C)c2c1CC(F)(F)CC2. The maximum Gasteiger partial charge on any atom is 0.359 e. The fourth-order valence-electron chi connectivity index (χ4n) is 2.64. The lowest BCUT2D eigenvalue weighted by Crippen LogP contribution is -2.29. The lowest BCUT2D eigenvalue weighted by Gasteiger charge is -2.23. The average molecular weight is 344 g/mol. The van der Waals surface area contributed by atoms with E-state index in [4.69, 9.17) is 9.47 Å². The number of esters is 2. The zero-order chi connectivity index (χ0) is 18.1. The van der Waals surface area contributed by atoms with Crippen molar-refractivity contribution in [3.05, 3.63) is 17.0 Å². The number of fused-ring (bicyclic) bond motifs is 1. The second-order valence-corrected chi connectivity index (χ2v) is 6.77. The Bertz CT molecular complexity index is 647. The molecule has 0 saturated heterocycles. The lowest BCUT2D eigenvalue weighted by atomic mass is 9.92. The van der Waals surface area contributed by atoms with Gasteiger partial charge in [-0.2, -0.15) is 5.10 Å². The van der Waals surface area contributed by atoms with Crippen LogP contribution in [-0.2, 0) is 33.7 Å². The van der Waals surface area contributed by atoms with Gasteiger partial charge < -0.3 is 9.47 Å². The normalized spacial score (nSPS) is 16.4. The molecule has 0 N–H and O–H groups in total. The molecule has 0 bridgehead atoms. The summed E-state index contributed by atoms with van der Waals surface area (Å²) < 4.78 is 38.8. The van der Waals surface area contributed by atoms with Crippen molar-refractivity contribution in [1.29, 1.82) is 0 Å². The molecular formula is C16H22F2N2O4. The minimum Gasteiger partial charge on any atom is -0.461 e. The second-order valence-electron chi connectivity index (χ2n) is 6.77. The van der Waals surface area contributed by atoms with Crippen molar-refractivity contribution in [2.45, 2.75) is 65.0 Å². The first kappa shape index (κ1) is 18.4. The molecule has 6 nitrogen and oxygen atoms in total. The number of carbonyl (C=O) groups is 2. The van der Waals surface area contributed by atoms with E-state index in [1.807, 2.05) is 0 Å². The molecule has 8 heteroatoms. The molecule has 1 aliphatic carbocycles. The average Bonchev–Trinajstić information content (AvgIpc) is 2.73. The van der Waals surface area contributed by atoms with Gasteiger partial charge in [0.1, 0.15) is 12.1 Å². The second kappa shape index (κ2) is 6.49. The Labute approximate surface area is 139 Å². The molecule has 1 heterocycles. The van der Waals surface area contributed by atoms with Gasteiger partial charge in [-0.05, 0) is 34.1 Å². The highest BCUT2D eigenvalue weighted by molar-refractivity contribution is 5.89. The number of hydrogen-bond acceptors (Lipinski definition) is 5. The molecule has 1 aliphatic rings. The number of carbonyl (C=O) groups excluding carboxylic acids is 2. The Morgan fingerprint density at radius 3 is 2.58 bits per heavy atom. The molecule has 0 fully saturated rings. The van der Waals surface area contributed by atoms with Gasteiger partial charge in [0.15, 0.2) is 5.69 Å². The Morgan fingerprint density at radius 2 is 2.00 bits per heavy atom. The van der Waals surface area contributed by atoms with Crippen LogP contribution in [0.3, 0.4) is 0 Å². The van der Waals surface area contributed by atoms with Crippen LogP contribution in [0.5, 0.6) is 0 Å². The van der Waals surface area contributed by atoms with Gasteiger partial charge >= 0.3 is 11.9 Å². The summed E-state index contributed by atoms with van der Waals surface area (Å²) in [5.74, 6) is -4.19. The first-order valence-electron chi connectivity index (χ1n) is 7.88. The molecule has 1 aromatic rings. The molecule has 0 aromatic carbocycles. The van der Waals surface area contributed by atoms with Gasteiger partial charge in [-0.15, -0.1) is 0 Å². The standard InChI is InChI=1S/C16H22F2N2O4/c1-5-23-14(22)13-10-8-16(17,18)7-6-11(10)20(19-13)9-12(21)24-15(2,3)4/h5-9H2,1-4H3. The van der Waals surface area contributed by atoms with Gasteiger partial charge in [-0.1, -0.05) is 0 Å². The summed E-state index contributed by atoms with van der Waals surface area (Å²) in [5, 5.41) is 4.05. The molecule has 0 amide bonds. The van der Waals surface area contributed by atoms with Crippen LogP contribution in [0.4, 0.5) is 8.78 Å². The monoisotopic (exact) mass is 344 g/mol. The summed E-state index contributed by atoms with van der Waals surface area (Å²) in [6.07, 6.45) is -0.884. The first-order valence-corrected chi connectivity index (χ1v) is 7.88. The van der Waals surface area contributed by atoms with E-state index in [0.717, 1.165) is 0 Å². The number of hydrogen-bond donors (Lipinski definition) is 0. The third-order valence-corrected chi connectivity index (χ3v) is 3.50. The van der Waals surface area contributed by atoms with Crippen molar-refractivity contribution in [2.75, 3.05) is 6.61 Å². The van der Waals surface area contributed by atoms with Crippen LogP contribution in [0.2, 0.25) is 0 Å². The maximum atomic E-state index is 13.7. The Kier molecular flexibility index (Phi) is 4.96. The van der Waals surface area contributed by atoms with Gasteiger partial charge in [-0.3, -0.25) is 9.48 Å². The van der Waals surface area contributed by atoms with E-state index >= 15 is 0 Å². The predicted molar refractivity (Wildman–Crippen MR) is 81.0 cm³/mol. The van der Waals surface area contributed by atoms with Crippen LogP contribution in [0.15, 0.2) is 0 Å². The lowest BCUT2D eigenvalue weighted by molar-refractivity contribution is -0.155. The number of alkyl halides is 2. The highest BCUT2D eigenvalue weighted by Crippen LogP contribution is 2.35. The summed E-state index contributed by atoms with van der Waals surface area (Å²) in [6, 6.07) is 0. The highest BCUT2D eigenvalue weighted by Gasteiger charge is 2.40. The van der Waals surface area contributed by atoms with Crippen LogP contribution in [-0.4, -0.2) is 39.8 Å². The number of ether oxygens (including phenoxy) is 2. The van der Waals surface area contributed by atoms with Crippen molar-refractivity contribution in [1.82, 2.24) is 9.78 Å². The van der Waals surface area contributed by atoms with E-state index in [0.29, 0.717) is 5.69 Å². The molecule has 0 spiro atoms. The van der Waals surface area contributed by atoms with Crippen LogP contribution in [0.1, 0.15) is 55.9 Å². The molecule has 134 valence electrons. The molecule has 1 aromatic heterocycles. The maximum absolute atomic E-state index is 13.7. The largest absolute Gasteiger partial charge is 0.461 e. The van der Waals surface area contributed by atoms with E-state index in [1.54, 1.807) is 27.7 Å². The molecule has 24 heavy (non-hydrogen) atoms. The molecule has 0 saturated carbocycles. The van der Waals surface area contributed by atoms with Crippen molar-refractivity contribution in [2.24, 2.45) is 0 Å². The van der Waals surface area contributed by atoms with Gasteiger partial charge in [0.05, 0.1) is 6.61 Å². The van der Waals surface area contributed by atoms with Crippen molar-refractivity contribution in [3.8, 4) is 0 Å². The minimum atomic E-state index is -2.89. The van der Waals surface area contributed by atoms with Gasteiger partial charge in [0.25, 0.3) is 5.92 Å². The molecule has 0 atom stereocenters. The van der Waals surface area contributed by atoms with Crippen molar-refractivity contribution >= 4 is 11.9 Å². The van der Waals surface area contributed by atoms with E-state index in [9.17, 15) is 18.4 Å². The number of halogens is 2. The third-order valence-electron chi connectivity index (χ3n) is 3.50. The Balaban J connectivity index is 2.33. The van der Waals surface area contributed by atoms with Gasteiger partial charge in [-0.25, -0.2) is 13.6 Å². The Hall–Kier alpha value is -1.99. The number of aromatic nitrogens is 2. The van der Waals surface area contributed by atoms with E-state index in [2.05, 4.69) is 5.10 Å². The predicted octanol–water partition coefficient (Wildman–Crippen LogP) is 2.53. The quantitative estimate of drug-likeness (QED) is 0.785. The van der Waals surface area contributed by atoms with Crippen LogP contribution in [0, 0.1) is 0 Å². The number of nitrogens with zero attached hydrogens (tertiary/aromatic N) is 2. The molecule has 0 unspecified atom stereocenters. The van der Waals surface area contributed by atoms with Gasteiger partial charge in [0.2, 0.25) is 0 Å². The summed E-state index contributed by atoms with van der Waals surface area (Å²) in [6.45, 7) is 6.69. The molecule has 2 rings (SSSR count). The zero-order valence-electron chi connectivity index (χ0n) is 14.3. The fourth-order valence-corrected chi connectivity index (χ4v) is 2.64. The van der Waals surface area contributed by atoms with Gasteiger partial charge in [0, 0.05) is 24.1 Å². The summed E-state index contributed by atoms with van der Waals surface area (Å²) in [7, 11) is 0. The van der Waals surface area contributed by atoms with Crippen LogP contribution >= 0.6 is 0 Å². The van der Waals surface area contributed by atoms with Crippen LogP contribution < -0.4 is 0 Å². The van der Waals surface area contributed by atoms with Crippen molar-refractivity contribution in [3.63, 3.8) is 0 Å². The van der Waals surface area contributed by atoms with E-state index in [1.165, 1.54) is 4.68 Å². The first-order chi connectivity index (χ1) is 11.0. The highest BCUT2D eigenvalue weighted by atomic mass is 19.3. The van der Waals surface area contributed by atoms with Crippen molar-refractivity contribution < 1.29 is 27.8 Å². The topological polar surface area (TPSA) is 70.4 Å². The van der Waals surface area contributed by atoms with Crippen LogP contribution in [0.25, 0.3) is 0 Å². The zero-order valence-corrected chi connectivity index (χ0v) is 14.3. The third kappa shape index (κ3) is 4.30. The molecule has 0 aliphatic heterocycles. The van der Waals surface area contributed by atoms with E-state index in [-0.39, 0.29) is 37.3 Å². The Morgan fingerprint density at radius 1 is 1.33 bits per heavy atom. The molecular weight excluding hydrogens is 322 g/mol. The fraction of sp³-hybridized carbons (Fsp3) is 0.688. The summed E-state index contributed by atoms with van der Waals surface area (Å²) >= 11 is 0. The molecule has 0 radical (unpaired) electrons. The summed E-state index contributed by atoms with van der Waals surface area (Å²) in [4.78, 5) is 24.0. The van der Waals surface area contributed by atoms with E-state index < -0.39 is 29.9 Å². The summed E-state index contributed by atoms with van der Waals surface area (Å²) in [5.41, 5.74) is -0.181. The number of rotatable bonds is 4. The minimum absolute atomic E-state index is 0.0392.